The number of hydrogen-bond acceptors (Lipinski definition) is 5. The molecule has 0 aliphatic carbocycles. The molecule has 2 bridgehead atoms. The second-order valence-electron chi connectivity index (χ2n) is 8.60. The molecule has 182 valence electrons. The third-order valence-corrected chi connectivity index (χ3v) is 7.70. The lowest BCUT2D eigenvalue weighted by molar-refractivity contribution is -0.127. The molecule has 0 unspecified atom stereocenters. The van der Waals surface area contributed by atoms with Crippen LogP contribution in [0.4, 0.5) is 8.78 Å². The van der Waals surface area contributed by atoms with Crippen LogP contribution in [-0.2, 0) is 27.9 Å². The highest BCUT2D eigenvalue weighted by molar-refractivity contribution is 7.88. The first kappa shape index (κ1) is 24.2. The van der Waals surface area contributed by atoms with Crippen LogP contribution in [0.15, 0.2) is 41.2 Å². The third-order valence-electron chi connectivity index (χ3n) is 6.44. The highest BCUT2D eigenvalue weighted by Crippen LogP contribution is 2.49. The van der Waals surface area contributed by atoms with Crippen molar-refractivity contribution in [3.8, 4) is 0 Å². The van der Waals surface area contributed by atoms with Gasteiger partial charge in [0, 0.05) is 49.0 Å². The van der Waals surface area contributed by atoms with E-state index < -0.39 is 58.1 Å². The summed E-state index contributed by atoms with van der Waals surface area (Å²) in [6, 6.07) is 4.26. The largest absolute Gasteiger partial charge is 0.396 e. The number of fused-ring (bicyclic) bond motifs is 4. The molecule has 0 radical (unpaired) electrons. The normalized spacial score (nSPS) is 24.4. The van der Waals surface area contributed by atoms with E-state index in [0.717, 1.165) is 18.4 Å². The molecule has 1 aromatic heterocycles. The van der Waals surface area contributed by atoms with Gasteiger partial charge < -0.3 is 15.0 Å². The summed E-state index contributed by atoms with van der Waals surface area (Å²) in [5.41, 5.74) is 0.660. The van der Waals surface area contributed by atoms with E-state index in [1.165, 1.54) is 8.87 Å². The number of aliphatic hydroxyl groups excluding tert-OH is 1. The van der Waals surface area contributed by atoms with E-state index >= 15 is 0 Å². The Hall–Kier alpha value is -2.89. The first-order chi connectivity index (χ1) is 16.1. The molecule has 1 saturated heterocycles. The number of sulfonamides is 1. The predicted molar refractivity (Wildman–Crippen MR) is 121 cm³/mol. The van der Waals surface area contributed by atoms with Crippen molar-refractivity contribution in [3.63, 3.8) is 0 Å². The number of amides is 1. The Morgan fingerprint density at radius 3 is 2.50 bits per heavy atom. The van der Waals surface area contributed by atoms with E-state index in [2.05, 4.69) is 5.32 Å². The van der Waals surface area contributed by atoms with Gasteiger partial charge in [0.05, 0.1) is 18.2 Å². The Morgan fingerprint density at radius 2 is 1.91 bits per heavy atom. The van der Waals surface area contributed by atoms with Crippen LogP contribution in [0.5, 0.6) is 0 Å². The van der Waals surface area contributed by atoms with E-state index in [0.29, 0.717) is 17.3 Å². The lowest BCUT2D eigenvalue weighted by atomic mass is 9.86. The fraction of sp³-hybridized carbons (Fsp3) is 0.391. The van der Waals surface area contributed by atoms with Gasteiger partial charge in [0.15, 0.2) is 0 Å². The number of aromatic nitrogens is 1. The number of nitrogens with one attached hydrogen (secondary N) is 1. The number of aliphatic hydroxyl groups is 1. The minimum Gasteiger partial charge on any atom is -0.396 e. The molecule has 8 nitrogen and oxygen atoms in total. The topological polar surface area (TPSA) is 109 Å². The monoisotopic (exact) mass is 493 g/mol. The number of pyridine rings is 1. The average Bonchev–Trinajstić information content (AvgIpc) is 3.01. The molecule has 4 atom stereocenters. The summed E-state index contributed by atoms with van der Waals surface area (Å²) in [5.74, 6) is -3.95. The van der Waals surface area contributed by atoms with Crippen LogP contribution in [-0.4, -0.2) is 47.2 Å². The highest BCUT2D eigenvalue weighted by atomic mass is 32.2. The predicted octanol–water partition coefficient (Wildman–Crippen LogP) is 1.40. The Kier molecular flexibility index (Phi) is 6.45. The summed E-state index contributed by atoms with van der Waals surface area (Å²) in [4.78, 5) is 26.3. The standard InChI is InChI=1S/C23H25F2N3O5S/c1-3-4-14-5-6-18-21-20(22(30)26-10-13-7-15(24)9-16(25)8-13)17(12-29)19(11-27(18)23(14)31)28(21)34(2,32)33/h3-9,17,19-21,29H,10-12H2,1-2H3,(H,26,30)/b4-3+/t17-,19-,20+,21+/m1/s1. The molecule has 0 spiro atoms. The van der Waals surface area contributed by atoms with Crippen molar-refractivity contribution in [2.45, 2.75) is 32.1 Å². The lowest BCUT2D eigenvalue weighted by Gasteiger charge is -2.36. The molecular weight excluding hydrogens is 468 g/mol. The first-order valence-corrected chi connectivity index (χ1v) is 12.6. The minimum absolute atomic E-state index is 0.00670. The molecule has 0 saturated carbocycles. The van der Waals surface area contributed by atoms with Gasteiger partial charge in [0.25, 0.3) is 5.56 Å². The zero-order valence-corrected chi connectivity index (χ0v) is 19.4. The summed E-state index contributed by atoms with van der Waals surface area (Å²) >= 11 is 0. The van der Waals surface area contributed by atoms with Crippen LogP contribution >= 0.6 is 0 Å². The molecule has 1 aromatic carbocycles. The summed E-state index contributed by atoms with van der Waals surface area (Å²) in [5, 5.41) is 12.8. The number of benzene rings is 1. The Morgan fingerprint density at radius 1 is 1.24 bits per heavy atom. The Labute approximate surface area is 195 Å². The smallest absolute Gasteiger partial charge is 0.258 e. The highest BCUT2D eigenvalue weighted by Gasteiger charge is 2.58. The van der Waals surface area contributed by atoms with Gasteiger partial charge in [-0.15, -0.1) is 0 Å². The van der Waals surface area contributed by atoms with Crippen molar-refractivity contribution in [1.29, 1.82) is 0 Å². The Bertz CT molecular complexity index is 1300. The second-order valence-corrected chi connectivity index (χ2v) is 10.5. The molecule has 11 heteroatoms. The van der Waals surface area contributed by atoms with Crippen molar-refractivity contribution in [2.24, 2.45) is 11.8 Å². The fourth-order valence-corrected chi connectivity index (χ4v) is 6.52. The van der Waals surface area contributed by atoms with Crippen LogP contribution < -0.4 is 10.9 Å². The fourth-order valence-electron chi connectivity index (χ4n) is 5.15. The van der Waals surface area contributed by atoms with Crippen molar-refractivity contribution in [1.82, 2.24) is 14.2 Å². The molecule has 4 rings (SSSR count). The van der Waals surface area contributed by atoms with Crippen molar-refractivity contribution < 1.29 is 27.1 Å². The number of rotatable bonds is 6. The number of halogens is 2. The second kappa shape index (κ2) is 9.05. The SMILES string of the molecule is C/C=C/c1ccc2n(c1=O)C[C@@H]1[C@@H](CO)[C@H](C(=O)NCc3cc(F)cc(F)c3)[C@H]2N1S(C)(=O)=O. The van der Waals surface area contributed by atoms with Gasteiger partial charge in [-0.05, 0) is 36.8 Å². The number of nitrogens with zero attached hydrogens (tertiary/aromatic N) is 2. The zero-order chi connectivity index (χ0) is 24.8. The molecule has 2 N–H and O–H groups in total. The van der Waals surface area contributed by atoms with Crippen LogP contribution in [0.3, 0.4) is 0 Å². The van der Waals surface area contributed by atoms with Crippen molar-refractivity contribution in [2.75, 3.05) is 12.9 Å². The van der Waals surface area contributed by atoms with Gasteiger partial charge in [-0.2, -0.15) is 4.31 Å². The number of carbonyl (C=O) groups is 1. The molecule has 2 aliphatic rings. The molecule has 2 aromatic rings. The van der Waals surface area contributed by atoms with Gasteiger partial charge >= 0.3 is 0 Å². The first-order valence-electron chi connectivity index (χ1n) is 10.7. The molecular formula is C23H25F2N3O5S. The van der Waals surface area contributed by atoms with Crippen molar-refractivity contribution >= 4 is 22.0 Å². The summed E-state index contributed by atoms with van der Waals surface area (Å²) in [7, 11) is -3.81. The molecule has 2 aliphatic heterocycles. The van der Waals surface area contributed by atoms with E-state index in [1.807, 2.05) is 0 Å². The van der Waals surface area contributed by atoms with E-state index in [4.69, 9.17) is 0 Å². The molecule has 1 fully saturated rings. The van der Waals surface area contributed by atoms with Gasteiger partial charge in [-0.3, -0.25) is 9.59 Å². The van der Waals surface area contributed by atoms with Gasteiger partial charge in [0.1, 0.15) is 11.6 Å². The number of hydrogen-bond donors (Lipinski definition) is 2. The van der Waals surface area contributed by atoms with Gasteiger partial charge in [0.2, 0.25) is 15.9 Å². The van der Waals surface area contributed by atoms with Crippen LogP contribution in [0.25, 0.3) is 6.08 Å². The number of allylic oxidation sites excluding steroid dienone is 1. The lowest BCUT2D eigenvalue weighted by Crippen LogP contribution is -2.48. The van der Waals surface area contributed by atoms with Crippen molar-refractivity contribution in [3.05, 3.63) is 75.2 Å². The van der Waals surface area contributed by atoms with E-state index in [9.17, 15) is 31.9 Å². The summed E-state index contributed by atoms with van der Waals surface area (Å²) in [6.45, 7) is 1.09. The zero-order valence-electron chi connectivity index (χ0n) is 18.6. The maximum atomic E-state index is 13.5. The summed E-state index contributed by atoms with van der Waals surface area (Å²) < 4.78 is 55.2. The van der Waals surface area contributed by atoms with Gasteiger partial charge in [-0.1, -0.05) is 12.2 Å². The number of carbonyl (C=O) groups excluding carboxylic acids is 1. The maximum absolute atomic E-state index is 13.5. The minimum atomic E-state index is -3.81. The Balaban J connectivity index is 1.75. The maximum Gasteiger partial charge on any atom is 0.258 e. The van der Waals surface area contributed by atoms with Crippen LogP contribution in [0.2, 0.25) is 0 Å². The van der Waals surface area contributed by atoms with E-state index in [-0.39, 0.29) is 24.2 Å². The summed E-state index contributed by atoms with van der Waals surface area (Å²) in [6.07, 6.45) is 4.39. The molecule has 3 heterocycles. The van der Waals surface area contributed by atoms with E-state index in [1.54, 1.807) is 31.2 Å². The van der Waals surface area contributed by atoms with Crippen LogP contribution in [0.1, 0.15) is 29.8 Å². The van der Waals surface area contributed by atoms with Gasteiger partial charge in [-0.25, -0.2) is 17.2 Å². The molecule has 34 heavy (non-hydrogen) atoms. The van der Waals surface area contributed by atoms with Crippen LogP contribution in [0, 0.1) is 23.5 Å². The average molecular weight is 494 g/mol. The third kappa shape index (κ3) is 4.19. The quantitative estimate of drug-likeness (QED) is 0.633. The molecule has 1 amide bonds.